The molecular formula is C18H20N4O2S. The summed E-state index contributed by atoms with van der Waals surface area (Å²) in [5.74, 6) is 0.560. The van der Waals surface area contributed by atoms with Crippen molar-refractivity contribution < 1.29 is 8.42 Å². The molecule has 1 aromatic heterocycles. The summed E-state index contributed by atoms with van der Waals surface area (Å²) < 4.78 is 27.0. The van der Waals surface area contributed by atoms with Gasteiger partial charge in [0.15, 0.2) is 0 Å². The topological polar surface area (TPSA) is 86.1 Å². The summed E-state index contributed by atoms with van der Waals surface area (Å²) in [7, 11) is -3.45. The Morgan fingerprint density at radius 1 is 1.20 bits per heavy atom. The van der Waals surface area contributed by atoms with Crippen molar-refractivity contribution in [3.63, 3.8) is 0 Å². The van der Waals surface area contributed by atoms with Crippen molar-refractivity contribution in [2.24, 2.45) is 0 Å². The van der Waals surface area contributed by atoms with Crippen LogP contribution < -0.4 is 5.32 Å². The number of benzene rings is 1. The molecule has 25 heavy (non-hydrogen) atoms. The van der Waals surface area contributed by atoms with Crippen molar-refractivity contribution >= 4 is 15.8 Å². The summed E-state index contributed by atoms with van der Waals surface area (Å²) in [6.07, 6.45) is 2.99. The summed E-state index contributed by atoms with van der Waals surface area (Å²) >= 11 is 0. The first-order chi connectivity index (χ1) is 12.0. The van der Waals surface area contributed by atoms with Crippen LogP contribution in [-0.2, 0) is 10.0 Å². The van der Waals surface area contributed by atoms with E-state index in [0.717, 1.165) is 5.56 Å². The second kappa shape index (κ2) is 7.21. The zero-order valence-corrected chi connectivity index (χ0v) is 14.8. The van der Waals surface area contributed by atoms with Gasteiger partial charge in [0.2, 0.25) is 10.0 Å². The van der Waals surface area contributed by atoms with Crippen LogP contribution in [-0.4, -0.2) is 36.8 Å². The van der Waals surface area contributed by atoms with E-state index < -0.39 is 10.0 Å². The predicted octanol–water partition coefficient (Wildman–Crippen LogP) is 2.53. The lowest BCUT2D eigenvalue weighted by atomic mass is 10.1. The van der Waals surface area contributed by atoms with E-state index in [0.29, 0.717) is 42.2 Å². The maximum atomic E-state index is 12.7. The Labute approximate surface area is 148 Å². The monoisotopic (exact) mass is 356 g/mol. The standard InChI is InChI=1S/C18H20N4O2S/c1-14-4-6-17(7-5-14)25(23,24)22-11-8-16(9-12-22)21-18-15(13-19)3-2-10-20-18/h2-7,10,16H,8-9,11-12H2,1H3,(H,20,21). The van der Waals surface area contributed by atoms with Gasteiger partial charge in [-0.3, -0.25) is 0 Å². The molecular weight excluding hydrogens is 336 g/mol. The van der Waals surface area contributed by atoms with E-state index in [4.69, 9.17) is 5.26 Å². The third-order valence-corrected chi connectivity index (χ3v) is 6.29. The lowest BCUT2D eigenvalue weighted by molar-refractivity contribution is 0.329. The molecule has 1 aliphatic heterocycles. The number of sulfonamides is 1. The lowest BCUT2D eigenvalue weighted by Gasteiger charge is -2.32. The van der Waals surface area contributed by atoms with Crippen molar-refractivity contribution in [1.29, 1.82) is 5.26 Å². The minimum atomic E-state index is -3.45. The van der Waals surface area contributed by atoms with Crippen LogP contribution in [0, 0.1) is 18.3 Å². The fraction of sp³-hybridized carbons (Fsp3) is 0.333. The van der Waals surface area contributed by atoms with Crippen LogP contribution in [0.5, 0.6) is 0 Å². The average molecular weight is 356 g/mol. The van der Waals surface area contributed by atoms with Gasteiger partial charge in [-0.2, -0.15) is 9.57 Å². The summed E-state index contributed by atoms with van der Waals surface area (Å²) in [6.45, 7) is 2.83. The van der Waals surface area contributed by atoms with E-state index in [1.807, 2.05) is 19.1 Å². The largest absolute Gasteiger partial charge is 0.366 e. The number of aryl methyl sites for hydroxylation is 1. The number of rotatable bonds is 4. The van der Waals surface area contributed by atoms with E-state index >= 15 is 0 Å². The van der Waals surface area contributed by atoms with E-state index in [-0.39, 0.29) is 6.04 Å². The average Bonchev–Trinajstić information content (AvgIpc) is 2.63. The van der Waals surface area contributed by atoms with Gasteiger partial charge in [-0.25, -0.2) is 13.4 Å². The summed E-state index contributed by atoms with van der Waals surface area (Å²) in [5, 5.41) is 12.4. The number of anilines is 1. The number of hydrogen-bond donors (Lipinski definition) is 1. The Morgan fingerprint density at radius 2 is 1.88 bits per heavy atom. The third kappa shape index (κ3) is 3.81. The molecule has 1 aromatic carbocycles. The van der Waals surface area contributed by atoms with Crippen LogP contribution in [0.2, 0.25) is 0 Å². The smallest absolute Gasteiger partial charge is 0.243 e. The Balaban J connectivity index is 1.65. The molecule has 0 aliphatic carbocycles. The van der Waals surface area contributed by atoms with Crippen molar-refractivity contribution in [3.05, 3.63) is 53.7 Å². The number of hydrogen-bond acceptors (Lipinski definition) is 5. The molecule has 1 aliphatic rings. The number of nitriles is 1. The van der Waals surface area contributed by atoms with Gasteiger partial charge in [0.05, 0.1) is 10.5 Å². The van der Waals surface area contributed by atoms with Gasteiger partial charge in [0.25, 0.3) is 0 Å². The number of nitrogens with zero attached hydrogens (tertiary/aromatic N) is 3. The molecule has 0 amide bonds. The van der Waals surface area contributed by atoms with E-state index in [1.54, 1.807) is 30.5 Å². The maximum absolute atomic E-state index is 12.7. The molecule has 1 fully saturated rings. The van der Waals surface area contributed by atoms with Crippen LogP contribution in [0.1, 0.15) is 24.0 Å². The van der Waals surface area contributed by atoms with Gasteiger partial charge < -0.3 is 5.32 Å². The fourth-order valence-corrected chi connectivity index (χ4v) is 4.37. The van der Waals surface area contributed by atoms with E-state index in [2.05, 4.69) is 16.4 Å². The Bertz CT molecular complexity index is 880. The predicted molar refractivity (Wildman–Crippen MR) is 95.5 cm³/mol. The fourth-order valence-electron chi connectivity index (χ4n) is 2.90. The van der Waals surface area contributed by atoms with Gasteiger partial charge >= 0.3 is 0 Å². The third-order valence-electron chi connectivity index (χ3n) is 4.38. The summed E-state index contributed by atoms with van der Waals surface area (Å²) in [4.78, 5) is 4.54. The Morgan fingerprint density at radius 3 is 2.52 bits per heavy atom. The molecule has 0 radical (unpaired) electrons. The quantitative estimate of drug-likeness (QED) is 0.910. The molecule has 7 heteroatoms. The number of aromatic nitrogens is 1. The van der Waals surface area contributed by atoms with Gasteiger partial charge in [-0.1, -0.05) is 17.7 Å². The highest BCUT2D eigenvalue weighted by atomic mass is 32.2. The first-order valence-corrected chi connectivity index (χ1v) is 9.63. The number of nitrogens with one attached hydrogen (secondary N) is 1. The summed E-state index contributed by atoms with van der Waals surface area (Å²) in [5.41, 5.74) is 1.53. The molecule has 0 spiro atoms. The highest BCUT2D eigenvalue weighted by Gasteiger charge is 2.29. The zero-order valence-electron chi connectivity index (χ0n) is 14.0. The second-order valence-electron chi connectivity index (χ2n) is 6.15. The van der Waals surface area contributed by atoms with E-state index in [9.17, 15) is 8.42 Å². The molecule has 0 atom stereocenters. The molecule has 2 aromatic rings. The molecule has 6 nitrogen and oxygen atoms in total. The highest BCUT2D eigenvalue weighted by Crippen LogP contribution is 2.23. The van der Waals surface area contributed by atoms with Gasteiger partial charge in [-0.05, 0) is 44.0 Å². The minimum Gasteiger partial charge on any atom is -0.366 e. The van der Waals surface area contributed by atoms with Crippen LogP contribution in [0.15, 0.2) is 47.5 Å². The Hall–Kier alpha value is -2.43. The number of piperidine rings is 1. The Kier molecular flexibility index (Phi) is 5.02. The molecule has 130 valence electrons. The van der Waals surface area contributed by atoms with Crippen molar-refractivity contribution in [1.82, 2.24) is 9.29 Å². The van der Waals surface area contributed by atoms with Gasteiger partial charge in [0.1, 0.15) is 11.9 Å². The van der Waals surface area contributed by atoms with Crippen LogP contribution >= 0.6 is 0 Å². The van der Waals surface area contributed by atoms with E-state index in [1.165, 1.54) is 4.31 Å². The lowest BCUT2D eigenvalue weighted by Crippen LogP contribution is -2.42. The minimum absolute atomic E-state index is 0.103. The molecule has 1 N–H and O–H groups in total. The normalized spacial score (nSPS) is 16.3. The second-order valence-corrected chi connectivity index (χ2v) is 8.09. The van der Waals surface area contributed by atoms with Crippen molar-refractivity contribution in [2.45, 2.75) is 30.7 Å². The van der Waals surface area contributed by atoms with Crippen LogP contribution in [0.4, 0.5) is 5.82 Å². The molecule has 0 unspecified atom stereocenters. The highest BCUT2D eigenvalue weighted by molar-refractivity contribution is 7.89. The molecule has 0 saturated carbocycles. The van der Waals surface area contributed by atoms with Crippen molar-refractivity contribution in [3.8, 4) is 6.07 Å². The van der Waals surface area contributed by atoms with Crippen LogP contribution in [0.25, 0.3) is 0 Å². The number of pyridine rings is 1. The molecule has 3 rings (SSSR count). The molecule has 2 heterocycles. The first kappa shape index (κ1) is 17.4. The van der Waals surface area contributed by atoms with Crippen LogP contribution in [0.3, 0.4) is 0 Å². The molecule has 1 saturated heterocycles. The van der Waals surface area contributed by atoms with Gasteiger partial charge in [0, 0.05) is 25.3 Å². The first-order valence-electron chi connectivity index (χ1n) is 8.19. The zero-order chi connectivity index (χ0) is 17.9. The maximum Gasteiger partial charge on any atom is 0.243 e. The SMILES string of the molecule is Cc1ccc(S(=O)(=O)N2CCC(Nc3ncccc3C#N)CC2)cc1. The van der Waals surface area contributed by atoms with Gasteiger partial charge in [-0.15, -0.1) is 0 Å². The van der Waals surface area contributed by atoms with Crippen molar-refractivity contribution in [2.75, 3.05) is 18.4 Å². The molecule has 0 bridgehead atoms. The summed E-state index contributed by atoms with van der Waals surface area (Å²) in [6, 6.07) is 12.6.